The van der Waals surface area contributed by atoms with Crippen molar-refractivity contribution in [1.82, 2.24) is 0 Å². The Bertz CT molecular complexity index is 388. The van der Waals surface area contributed by atoms with Gasteiger partial charge in [-0.25, -0.2) is 0 Å². The number of ether oxygens (including phenoxy) is 1. The van der Waals surface area contributed by atoms with Gasteiger partial charge in [-0.3, -0.25) is 0 Å². The van der Waals surface area contributed by atoms with Gasteiger partial charge in [0.05, 0.1) is 11.7 Å². The Hall–Kier alpha value is -0.120. The molecule has 0 aliphatic heterocycles. The Kier molecular flexibility index (Phi) is 9.60. The molecule has 0 radical (unpaired) electrons. The molecule has 26 heavy (non-hydrogen) atoms. The van der Waals surface area contributed by atoms with E-state index in [2.05, 4.69) is 34.6 Å². The summed E-state index contributed by atoms with van der Waals surface area (Å²) in [5.41, 5.74) is 6.36. The van der Waals surface area contributed by atoms with Crippen molar-refractivity contribution in [2.45, 2.75) is 130 Å². The van der Waals surface area contributed by atoms with Crippen molar-refractivity contribution in [3.63, 3.8) is 0 Å². The normalized spacial score (nSPS) is 27.7. The molecule has 0 aromatic heterocycles. The minimum absolute atomic E-state index is 0.128. The molecule has 0 unspecified atom stereocenters. The Labute approximate surface area is 163 Å². The van der Waals surface area contributed by atoms with Gasteiger partial charge < -0.3 is 15.6 Å². The van der Waals surface area contributed by atoms with E-state index in [9.17, 15) is 5.11 Å². The fraction of sp³-hybridized carbons (Fsp3) is 1.00. The Balaban J connectivity index is 2.01. The molecule has 3 N–H and O–H groups in total. The highest BCUT2D eigenvalue weighted by molar-refractivity contribution is 4.95. The van der Waals surface area contributed by atoms with Crippen molar-refractivity contribution in [3.8, 4) is 0 Å². The van der Waals surface area contributed by atoms with Crippen LogP contribution in [0.15, 0.2) is 0 Å². The van der Waals surface area contributed by atoms with Gasteiger partial charge in [0.25, 0.3) is 0 Å². The van der Waals surface area contributed by atoms with Crippen LogP contribution in [0, 0.1) is 10.8 Å². The second-order valence-electron chi connectivity index (χ2n) is 10.5. The van der Waals surface area contributed by atoms with Crippen LogP contribution >= 0.6 is 0 Å². The topological polar surface area (TPSA) is 55.5 Å². The predicted molar refractivity (Wildman–Crippen MR) is 112 cm³/mol. The molecule has 1 aliphatic rings. The van der Waals surface area contributed by atoms with Crippen LogP contribution in [-0.2, 0) is 4.74 Å². The quantitative estimate of drug-likeness (QED) is 0.451. The van der Waals surface area contributed by atoms with Crippen LogP contribution in [0.1, 0.15) is 112 Å². The first-order valence-corrected chi connectivity index (χ1v) is 11.1. The van der Waals surface area contributed by atoms with Crippen molar-refractivity contribution in [2.75, 3.05) is 6.61 Å². The Morgan fingerprint density at radius 2 is 1.50 bits per heavy atom. The lowest BCUT2D eigenvalue weighted by molar-refractivity contribution is -0.139. The van der Waals surface area contributed by atoms with Crippen LogP contribution in [0.2, 0.25) is 0 Å². The van der Waals surface area contributed by atoms with E-state index < -0.39 is 11.7 Å². The highest BCUT2D eigenvalue weighted by atomic mass is 16.5. The minimum atomic E-state index is -0.520. The van der Waals surface area contributed by atoms with Gasteiger partial charge in [-0.15, -0.1) is 0 Å². The summed E-state index contributed by atoms with van der Waals surface area (Å²) in [5.74, 6) is 0. The molecule has 0 heterocycles. The van der Waals surface area contributed by atoms with E-state index in [0.29, 0.717) is 10.8 Å². The highest BCUT2D eigenvalue weighted by Crippen LogP contribution is 2.42. The second-order valence-corrected chi connectivity index (χ2v) is 10.5. The first-order valence-electron chi connectivity index (χ1n) is 11.1. The summed E-state index contributed by atoms with van der Waals surface area (Å²) in [6.45, 7) is 14.7. The van der Waals surface area contributed by atoms with Gasteiger partial charge in [0, 0.05) is 12.6 Å². The largest absolute Gasteiger partial charge is 0.389 e. The van der Waals surface area contributed by atoms with E-state index >= 15 is 0 Å². The maximum atomic E-state index is 10.3. The minimum Gasteiger partial charge on any atom is -0.389 e. The molecule has 1 aliphatic carbocycles. The molecule has 156 valence electrons. The fourth-order valence-electron chi connectivity index (χ4n) is 3.84. The maximum absolute atomic E-state index is 10.3. The van der Waals surface area contributed by atoms with Crippen molar-refractivity contribution in [3.05, 3.63) is 0 Å². The van der Waals surface area contributed by atoms with Gasteiger partial charge >= 0.3 is 0 Å². The smallest absolute Gasteiger partial charge is 0.0977 e. The summed E-state index contributed by atoms with van der Waals surface area (Å²) in [4.78, 5) is 0. The van der Waals surface area contributed by atoms with Crippen LogP contribution in [0.3, 0.4) is 0 Å². The van der Waals surface area contributed by atoms with E-state index in [1.54, 1.807) is 0 Å². The summed E-state index contributed by atoms with van der Waals surface area (Å²) in [6.07, 6.45) is 12.7. The van der Waals surface area contributed by atoms with Crippen molar-refractivity contribution in [1.29, 1.82) is 0 Å². The summed E-state index contributed by atoms with van der Waals surface area (Å²) in [7, 11) is 0. The molecule has 1 fully saturated rings. The second kappa shape index (κ2) is 10.4. The number of aliphatic hydroxyl groups excluding tert-OH is 1. The average molecular weight is 370 g/mol. The van der Waals surface area contributed by atoms with Crippen LogP contribution in [0.5, 0.6) is 0 Å². The maximum Gasteiger partial charge on any atom is 0.0977 e. The van der Waals surface area contributed by atoms with Crippen LogP contribution < -0.4 is 5.73 Å². The van der Waals surface area contributed by atoms with Crippen molar-refractivity contribution in [2.24, 2.45) is 16.6 Å². The van der Waals surface area contributed by atoms with Gasteiger partial charge in [-0.1, -0.05) is 73.1 Å². The van der Waals surface area contributed by atoms with Gasteiger partial charge in [-0.2, -0.15) is 0 Å². The average Bonchev–Trinajstić information content (AvgIpc) is 2.53. The molecule has 0 aromatic carbocycles. The van der Waals surface area contributed by atoms with Gasteiger partial charge in [0.15, 0.2) is 0 Å². The lowest BCUT2D eigenvalue weighted by Crippen LogP contribution is -2.55. The summed E-state index contributed by atoms with van der Waals surface area (Å²) >= 11 is 0. The number of hydrogen-bond donors (Lipinski definition) is 2. The molecule has 0 aromatic rings. The SMILES string of the molecule is CC(C)(C)C(C)(C)CCCCCCCCCO[C@]1(C)CCC[C@H](N)[C@H]1O. The van der Waals surface area contributed by atoms with Crippen LogP contribution in [-0.4, -0.2) is 29.5 Å². The standard InChI is InChI=1S/C23H47NO2/c1-21(2,3)22(4,5)16-12-10-8-7-9-11-13-18-26-23(6)17-14-15-19(24)20(23)25/h19-20,25H,7-18,24H2,1-6H3/t19-,20+,23+/m0/s1. The number of unbranched alkanes of at least 4 members (excludes halogenated alkanes) is 6. The number of hydrogen-bond acceptors (Lipinski definition) is 3. The van der Waals surface area contributed by atoms with Gasteiger partial charge in [0.1, 0.15) is 0 Å². The lowest BCUT2D eigenvalue weighted by Gasteiger charge is -2.41. The third-order valence-corrected chi connectivity index (χ3v) is 7.15. The molecule has 0 amide bonds. The molecule has 0 saturated heterocycles. The summed E-state index contributed by atoms with van der Waals surface area (Å²) in [5, 5.41) is 10.3. The molecule has 0 spiro atoms. The third kappa shape index (κ3) is 7.48. The Morgan fingerprint density at radius 3 is 2.08 bits per heavy atom. The fourth-order valence-corrected chi connectivity index (χ4v) is 3.84. The Morgan fingerprint density at radius 1 is 0.962 bits per heavy atom. The van der Waals surface area contributed by atoms with Crippen LogP contribution in [0.25, 0.3) is 0 Å². The monoisotopic (exact) mass is 369 g/mol. The van der Waals surface area contributed by atoms with E-state index in [1.807, 2.05) is 6.92 Å². The first kappa shape index (κ1) is 23.9. The van der Waals surface area contributed by atoms with Crippen molar-refractivity contribution < 1.29 is 9.84 Å². The zero-order chi connectivity index (χ0) is 19.8. The molecule has 3 nitrogen and oxygen atoms in total. The first-order chi connectivity index (χ1) is 12.0. The third-order valence-electron chi connectivity index (χ3n) is 7.15. The highest BCUT2D eigenvalue weighted by Gasteiger charge is 2.40. The number of nitrogens with two attached hydrogens (primary N) is 1. The number of aliphatic hydroxyl groups is 1. The number of rotatable bonds is 11. The molecular weight excluding hydrogens is 322 g/mol. The molecule has 0 bridgehead atoms. The molecular formula is C23H47NO2. The van der Waals surface area contributed by atoms with Crippen LogP contribution in [0.4, 0.5) is 0 Å². The van der Waals surface area contributed by atoms with E-state index in [1.165, 1.54) is 44.9 Å². The summed E-state index contributed by atoms with van der Waals surface area (Å²) < 4.78 is 6.04. The van der Waals surface area contributed by atoms with E-state index in [-0.39, 0.29) is 6.04 Å². The van der Waals surface area contributed by atoms with E-state index in [4.69, 9.17) is 10.5 Å². The lowest BCUT2D eigenvalue weighted by atomic mass is 9.67. The van der Waals surface area contributed by atoms with Gasteiger partial charge in [-0.05, 0) is 49.9 Å². The molecule has 1 rings (SSSR count). The molecule has 3 atom stereocenters. The predicted octanol–water partition coefficient (Wildman–Crippen LogP) is 5.83. The molecule has 3 heteroatoms. The van der Waals surface area contributed by atoms with E-state index in [0.717, 1.165) is 32.3 Å². The molecule has 1 saturated carbocycles. The zero-order valence-electron chi connectivity index (χ0n) is 18.6. The zero-order valence-corrected chi connectivity index (χ0v) is 18.6. The van der Waals surface area contributed by atoms with Crippen molar-refractivity contribution >= 4 is 0 Å². The van der Waals surface area contributed by atoms with Gasteiger partial charge in [0.2, 0.25) is 0 Å². The summed E-state index contributed by atoms with van der Waals surface area (Å²) in [6, 6.07) is -0.128.